The predicted molar refractivity (Wildman–Crippen MR) is 252 cm³/mol. The number of esters is 2. The first-order valence-corrected chi connectivity index (χ1v) is 25.6. The van der Waals surface area contributed by atoms with Crippen LogP contribution in [0, 0.1) is 0 Å². The molecule has 0 spiro atoms. The molecule has 0 aromatic heterocycles. The minimum atomic E-state index is -1.77. The maximum atomic E-state index is 13.0. The number of aliphatic hydroxyl groups excluding tert-OH is 7. The quantitative estimate of drug-likeness (QED) is 0.0188. The van der Waals surface area contributed by atoms with E-state index in [-0.39, 0.29) is 19.4 Å². The summed E-state index contributed by atoms with van der Waals surface area (Å²) in [5.74, 6) is -0.980. The second-order valence-electron chi connectivity index (χ2n) is 18.0. The summed E-state index contributed by atoms with van der Waals surface area (Å²) in [7, 11) is 0. The third-order valence-electron chi connectivity index (χ3n) is 12.1. The number of hydrogen-bond acceptors (Lipinski definition) is 15. The Labute approximate surface area is 395 Å². The van der Waals surface area contributed by atoms with E-state index in [0.29, 0.717) is 12.8 Å². The summed E-state index contributed by atoms with van der Waals surface area (Å²) in [5, 5.41) is 72.0. The van der Waals surface area contributed by atoms with Gasteiger partial charge in [0.05, 0.1) is 19.8 Å². The SMILES string of the molecule is CCCCCCCC/C=C/C/C=C/CCCCC(=O)OC[C@H](CO[C@@H]1O[C@H](CO[C@@H]2O[C@H](CO)[C@H](O)C(O)C2O)[C@H](O)C(O)C1O)OC(=O)CCCCC/C=C/CCCCCCCCCC. The van der Waals surface area contributed by atoms with Crippen LogP contribution in [0.1, 0.15) is 181 Å². The molecular formula is C51H90O15. The van der Waals surface area contributed by atoms with Gasteiger partial charge in [0.15, 0.2) is 18.7 Å². The molecule has 66 heavy (non-hydrogen) atoms. The summed E-state index contributed by atoms with van der Waals surface area (Å²) in [6, 6.07) is 0. The van der Waals surface area contributed by atoms with Gasteiger partial charge in [0, 0.05) is 12.8 Å². The molecule has 11 atom stereocenters. The second kappa shape index (κ2) is 38.6. The van der Waals surface area contributed by atoms with Crippen molar-refractivity contribution in [2.45, 2.75) is 248 Å². The average Bonchev–Trinajstić information content (AvgIpc) is 3.31. The molecule has 0 bridgehead atoms. The summed E-state index contributed by atoms with van der Waals surface area (Å²) in [6.45, 7) is 2.53. The van der Waals surface area contributed by atoms with Crippen LogP contribution in [0.2, 0.25) is 0 Å². The molecule has 7 N–H and O–H groups in total. The zero-order valence-corrected chi connectivity index (χ0v) is 40.4. The molecule has 4 unspecified atom stereocenters. The monoisotopic (exact) mass is 943 g/mol. The van der Waals surface area contributed by atoms with Gasteiger partial charge in [-0.2, -0.15) is 0 Å². The Hall–Kier alpha value is -2.28. The summed E-state index contributed by atoms with van der Waals surface area (Å²) >= 11 is 0. The number of carbonyl (C=O) groups is 2. The molecule has 2 heterocycles. The van der Waals surface area contributed by atoms with Crippen molar-refractivity contribution >= 4 is 11.9 Å². The molecule has 2 saturated heterocycles. The molecule has 2 fully saturated rings. The number of allylic oxidation sites excluding steroid dienone is 6. The van der Waals surface area contributed by atoms with Crippen molar-refractivity contribution in [1.29, 1.82) is 0 Å². The van der Waals surface area contributed by atoms with E-state index < -0.39 is 99.3 Å². The van der Waals surface area contributed by atoms with Gasteiger partial charge in [-0.1, -0.05) is 134 Å². The van der Waals surface area contributed by atoms with Crippen LogP contribution in [-0.2, 0) is 38.0 Å². The van der Waals surface area contributed by atoms with Gasteiger partial charge in [-0.3, -0.25) is 9.59 Å². The Morgan fingerprint density at radius 1 is 0.485 bits per heavy atom. The maximum Gasteiger partial charge on any atom is 0.306 e. The van der Waals surface area contributed by atoms with Gasteiger partial charge in [0.25, 0.3) is 0 Å². The van der Waals surface area contributed by atoms with E-state index in [1.165, 1.54) is 89.9 Å². The van der Waals surface area contributed by atoms with Crippen molar-refractivity contribution in [3.05, 3.63) is 36.5 Å². The lowest BCUT2D eigenvalue weighted by Crippen LogP contribution is -2.61. The first-order chi connectivity index (χ1) is 32.0. The van der Waals surface area contributed by atoms with Crippen LogP contribution in [0.3, 0.4) is 0 Å². The van der Waals surface area contributed by atoms with Crippen molar-refractivity contribution < 1.29 is 73.8 Å². The first-order valence-electron chi connectivity index (χ1n) is 25.6. The van der Waals surface area contributed by atoms with Gasteiger partial charge in [0.2, 0.25) is 0 Å². The highest BCUT2D eigenvalue weighted by atomic mass is 16.7. The maximum absolute atomic E-state index is 13.0. The molecular weight excluding hydrogens is 853 g/mol. The minimum Gasteiger partial charge on any atom is -0.462 e. The number of ether oxygens (including phenoxy) is 6. The highest BCUT2D eigenvalue weighted by Gasteiger charge is 2.47. The van der Waals surface area contributed by atoms with E-state index in [1.807, 2.05) is 0 Å². The van der Waals surface area contributed by atoms with Crippen molar-refractivity contribution in [2.75, 3.05) is 26.4 Å². The Morgan fingerprint density at radius 2 is 0.909 bits per heavy atom. The lowest BCUT2D eigenvalue weighted by Gasteiger charge is -2.42. The van der Waals surface area contributed by atoms with E-state index in [4.69, 9.17) is 28.4 Å². The van der Waals surface area contributed by atoms with Crippen molar-refractivity contribution in [1.82, 2.24) is 0 Å². The van der Waals surface area contributed by atoms with Gasteiger partial charge < -0.3 is 64.2 Å². The summed E-state index contributed by atoms with van der Waals surface area (Å²) < 4.78 is 33.5. The molecule has 0 amide bonds. The van der Waals surface area contributed by atoms with Gasteiger partial charge in [-0.15, -0.1) is 0 Å². The molecule has 2 rings (SSSR count). The third-order valence-corrected chi connectivity index (χ3v) is 12.1. The number of carbonyl (C=O) groups excluding carboxylic acids is 2. The van der Waals surface area contributed by atoms with Crippen LogP contribution in [0.5, 0.6) is 0 Å². The number of rotatable bonds is 39. The van der Waals surface area contributed by atoms with Gasteiger partial charge in [-0.05, 0) is 70.6 Å². The third kappa shape index (κ3) is 26.5. The molecule has 0 aromatic carbocycles. The van der Waals surface area contributed by atoms with Gasteiger partial charge in [0.1, 0.15) is 55.4 Å². The van der Waals surface area contributed by atoms with Crippen LogP contribution in [0.25, 0.3) is 0 Å². The highest BCUT2D eigenvalue weighted by Crippen LogP contribution is 2.26. The van der Waals surface area contributed by atoms with Crippen LogP contribution in [0.15, 0.2) is 36.5 Å². The normalized spacial score (nSPS) is 26.4. The topological polar surface area (TPSA) is 231 Å². The van der Waals surface area contributed by atoms with Crippen LogP contribution in [-0.4, -0.2) is 142 Å². The zero-order chi connectivity index (χ0) is 48.2. The molecule has 0 aliphatic carbocycles. The van der Waals surface area contributed by atoms with E-state index in [1.54, 1.807) is 0 Å². The molecule has 2 aliphatic heterocycles. The summed E-state index contributed by atoms with van der Waals surface area (Å²) in [5.41, 5.74) is 0. The van der Waals surface area contributed by atoms with Crippen LogP contribution < -0.4 is 0 Å². The van der Waals surface area contributed by atoms with Crippen LogP contribution >= 0.6 is 0 Å². The fourth-order valence-corrected chi connectivity index (χ4v) is 7.83. The van der Waals surface area contributed by atoms with E-state index >= 15 is 0 Å². The van der Waals surface area contributed by atoms with Crippen molar-refractivity contribution in [3.8, 4) is 0 Å². The van der Waals surface area contributed by atoms with E-state index in [9.17, 15) is 45.3 Å². The molecule has 0 saturated carbocycles. The minimum absolute atomic E-state index is 0.139. The highest BCUT2D eigenvalue weighted by molar-refractivity contribution is 5.70. The molecule has 2 aliphatic rings. The van der Waals surface area contributed by atoms with Crippen LogP contribution in [0.4, 0.5) is 0 Å². The molecule has 0 radical (unpaired) electrons. The second-order valence-corrected chi connectivity index (χ2v) is 18.0. The fraction of sp³-hybridized carbons (Fsp3) is 0.843. The smallest absolute Gasteiger partial charge is 0.306 e. The average molecular weight is 943 g/mol. The van der Waals surface area contributed by atoms with E-state index in [2.05, 4.69) is 50.3 Å². The lowest BCUT2D eigenvalue weighted by atomic mass is 9.98. The number of aliphatic hydroxyl groups is 7. The standard InChI is InChI=1S/C51H90O15/c1-3-5-7-9-11-13-15-17-19-21-23-25-27-29-31-33-42(53)61-36-39(64-43(54)34-32-30-28-26-24-22-20-18-16-14-12-10-8-6-4-2)37-62-50-49(60)47(58)45(56)41(66-50)38-63-51-48(59)46(57)44(55)40(35-52)65-51/h17,19,22-25,39-41,44-52,55-60H,3-16,18,20-21,26-38H2,1-2H3/b19-17+,24-22+,25-23+/t39-,40-,41-,44+,45+,46?,47?,48?,49?,50-,51-/m1/s1. The largest absolute Gasteiger partial charge is 0.462 e. The van der Waals surface area contributed by atoms with Crippen molar-refractivity contribution in [3.63, 3.8) is 0 Å². The Bertz CT molecular complexity index is 1290. The Kier molecular flexibility index (Phi) is 35.0. The van der Waals surface area contributed by atoms with Gasteiger partial charge >= 0.3 is 11.9 Å². The molecule has 15 heteroatoms. The van der Waals surface area contributed by atoms with Gasteiger partial charge in [-0.25, -0.2) is 0 Å². The number of hydrogen-bond donors (Lipinski definition) is 7. The summed E-state index contributed by atoms with van der Waals surface area (Å²) in [6.07, 6.45) is 23.2. The molecule has 0 aromatic rings. The number of unbranched alkanes of at least 4 members (excludes halogenated alkanes) is 19. The first kappa shape index (κ1) is 59.8. The Balaban J connectivity index is 1.84. The fourth-order valence-electron chi connectivity index (χ4n) is 7.83. The Morgan fingerprint density at radius 3 is 1.45 bits per heavy atom. The molecule has 384 valence electrons. The lowest BCUT2D eigenvalue weighted by molar-refractivity contribution is -0.332. The van der Waals surface area contributed by atoms with E-state index in [0.717, 1.165) is 51.4 Å². The predicted octanol–water partition coefficient (Wildman–Crippen LogP) is 6.93. The molecule has 15 nitrogen and oxygen atoms in total. The zero-order valence-electron chi connectivity index (χ0n) is 40.4. The van der Waals surface area contributed by atoms with Crippen molar-refractivity contribution in [2.24, 2.45) is 0 Å². The summed E-state index contributed by atoms with van der Waals surface area (Å²) in [4.78, 5) is 25.7.